The van der Waals surface area contributed by atoms with Gasteiger partial charge in [0.25, 0.3) is 0 Å². The third-order valence-electron chi connectivity index (χ3n) is 11.9. The summed E-state index contributed by atoms with van der Waals surface area (Å²) >= 11 is 0. The van der Waals surface area contributed by atoms with Gasteiger partial charge in [0, 0.05) is 22.1 Å². The molecule has 262 valence electrons. The van der Waals surface area contributed by atoms with E-state index in [1.54, 1.807) is 0 Å². The van der Waals surface area contributed by atoms with Crippen LogP contribution in [0, 0.1) is 0 Å². The maximum Gasteiger partial charge on any atom is 0.160 e. The van der Waals surface area contributed by atoms with Gasteiger partial charge in [-0.2, -0.15) is 0 Å². The van der Waals surface area contributed by atoms with Crippen LogP contribution >= 0.6 is 0 Å². The third-order valence-corrected chi connectivity index (χ3v) is 11.9. The smallest absolute Gasteiger partial charge is 0.160 e. The van der Waals surface area contributed by atoms with Crippen LogP contribution in [0.1, 0.15) is 23.6 Å². The van der Waals surface area contributed by atoms with Crippen LogP contribution in [0.4, 0.5) is 0 Å². The molecule has 0 fully saturated rings. The molecule has 1 atom stereocenters. The van der Waals surface area contributed by atoms with Crippen molar-refractivity contribution in [1.82, 2.24) is 9.97 Å². The topological polar surface area (TPSA) is 25.8 Å². The molecule has 1 heterocycles. The van der Waals surface area contributed by atoms with Gasteiger partial charge in [-0.15, -0.1) is 0 Å². The van der Waals surface area contributed by atoms with Crippen molar-refractivity contribution in [3.8, 4) is 56.2 Å². The molecular weight excluding hydrogens is 677 g/mol. The van der Waals surface area contributed by atoms with Gasteiger partial charge in [-0.05, 0) is 102 Å². The van der Waals surface area contributed by atoms with Gasteiger partial charge in [0.05, 0.1) is 11.4 Å². The summed E-state index contributed by atoms with van der Waals surface area (Å²) < 4.78 is 0. The normalized spacial score (nSPS) is 14.6. The highest BCUT2D eigenvalue weighted by molar-refractivity contribution is 6.20. The predicted octanol–water partition coefficient (Wildman–Crippen LogP) is 13.9. The lowest BCUT2D eigenvalue weighted by molar-refractivity contribution is 0.714. The maximum absolute atomic E-state index is 5.27. The van der Waals surface area contributed by atoms with Gasteiger partial charge in [0.15, 0.2) is 5.82 Å². The van der Waals surface area contributed by atoms with Crippen LogP contribution in [0.5, 0.6) is 0 Å². The number of hydrogen-bond acceptors (Lipinski definition) is 2. The highest BCUT2D eigenvalue weighted by Gasteiger charge is 2.40. The van der Waals surface area contributed by atoms with E-state index in [1.807, 2.05) is 6.07 Å². The van der Waals surface area contributed by atoms with Crippen molar-refractivity contribution in [2.75, 3.05) is 0 Å². The molecule has 11 rings (SSSR count). The minimum Gasteiger partial charge on any atom is -0.228 e. The van der Waals surface area contributed by atoms with E-state index < -0.39 is 0 Å². The van der Waals surface area contributed by atoms with E-state index in [2.05, 4.69) is 201 Å². The summed E-state index contributed by atoms with van der Waals surface area (Å²) in [6.07, 6.45) is 0. The minimum absolute atomic E-state index is 0.303. The highest BCUT2D eigenvalue weighted by atomic mass is 14.9. The number of rotatable bonds is 5. The molecule has 0 spiro atoms. The number of fused-ring (bicyclic) bond motifs is 7. The van der Waals surface area contributed by atoms with E-state index in [4.69, 9.17) is 9.97 Å². The zero-order valence-electron chi connectivity index (χ0n) is 30.9. The van der Waals surface area contributed by atoms with Gasteiger partial charge in [-0.25, -0.2) is 9.97 Å². The van der Waals surface area contributed by atoms with Crippen LogP contribution in [-0.4, -0.2) is 9.97 Å². The van der Waals surface area contributed by atoms with Gasteiger partial charge >= 0.3 is 0 Å². The molecule has 0 saturated heterocycles. The largest absolute Gasteiger partial charge is 0.228 e. The van der Waals surface area contributed by atoms with Crippen molar-refractivity contribution in [3.63, 3.8) is 0 Å². The molecule has 0 aliphatic heterocycles. The molecule has 2 nitrogen and oxygen atoms in total. The van der Waals surface area contributed by atoms with Crippen molar-refractivity contribution in [2.45, 2.75) is 12.3 Å². The molecule has 0 N–H and O–H groups in total. The Balaban J connectivity index is 1.11. The van der Waals surface area contributed by atoms with E-state index in [1.165, 1.54) is 65.7 Å². The molecule has 56 heavy (non-hydrogen) atoms. The summed E-state index contributed by atoms with van der Waals surface area (Å²) in [6.45, 7) is 2.36. The first kappa shape index (κ1) is 32.3. The molecule has 2 heteroatoms. The highest BCUT2D eigenvalue weighted by Crippen LogP contribution is 2.53. The number of aromatic nitrogens is 2. The van der Waals surface area contributed by atoms with Gasteiger partial charge in [-0.3, -0.25) is 0 Å². The van der Waals surface area contributed by atoms with Crippen molar-refractivity contribution >= 4 is 32.3 Å². The van der Waals surface area contributed by atoms with Crippen LogP contribution in [0.2, 0.25) is 0 Å². The second kappa shape index (κ2) is 12.7. The molecule has 10 aromatic rings. The maximum atomic E-state index is 5.27. The molecule has 0 saturated carbocycles. The van der Waals surface area contributed by atoms with E-state index in [0.29, 0.717) is 5.82 Å². The van der Waals surface area contributed by atoms with Crippen LogP contribution in [0.25, 0.3) is 88.5 Å². The standard InChI is InChI=1S/C54H36N2/c1-54(41-21-6-3-7-22-41)48-26-13-12-25-44(48)45-29-28-39(33-49(45)54)51-34-50(55-53(56-51)36-16-4-2-5-17-36)38-19-14-20-40(31-38)52-43-24-11-9-18-37(43)32-47-42-23-10-8-15-35(42)27-30-46(47)52/h2-34H,1H3. The second-order valence-corrected chi connectivity index (χ2v) is 15.1. The summed E-state index contributed by atoms with van der Waals surface area (Å²) in [6, 6.07) is 72.4. The third kappa shape index (κ3) is 5.03. The van der Waals surface area contributed by atoms with E-state index >= 15 is 0 Å². The number of nitrogens with zero attached hydrogens (tertiary/aromatic N) is 2. The van der Waals surface area contributed by atoms with E-state index in [0.717, 1.165) is 33.6 Å². The fraction of sp³-hybridized carbons (Fsp3) is 0.0370. The van der Waals surface area contributed by atoms with Gasteiger partial charge in [0.2, 0.25) is 0 Å². The Morgan fingerprint density at radius 2 is 0.982 bits per heavy atom. The van der Waals surface area contributed by atoms with Gasteiger partial charge in [-0.1, -0.05) is 176 Å². The average Bonchev–Trinajstić information content (AvgIpc) is 3.54. The molecule has 1 aliphatic rings. The Hall–Kier alpha value is -7.16. The number of hydrogen-bond donors (Lipinski definition) is 0. The van der Waals surface area contributed by atoms with Crippen LogP contribution in [0.3, 0.4) is 0 Å². The van der Waals surface area contributed by atoms with Crippen molar-refractivity contribution in [1.29, 1.82) is 0 Å². The van der Waals surface area contributed by atoms with Gasteiger partial charge in [0.1, 0.15) is 0 Å². The quantitative estimate of drug-likeness (QED) is 0.131. The predicted molar refractivity (Wildman–Crippen MR) is 234 cm³/mol. The average molecular weight is 713 g/mol. The molecule has 0 amide bonds. The van der Waals surface area contributed by atoms with Crippen molar-refractivity contribution < 1.29 is 0 Å². The molecule has 1 unspecified atom stereocenters. The Morgan fingerprint density at radius 1 is 0.357 bits per heavy atom. The summed E-state index contributed by atoms with van der Waals surface area (Å²) in [5, 5.41) is 7.49. The SMILES string of the molecule is CC1(c2ccccc2)c2ccccc2-c2ccc(-c3cc(-c4cccc(-c5c6ccccc6cc6c5ccc5ccccc56)c4)nc(-c4ccccc4)n3)cc21. The molecular formula is C54H36N2. The fourth-order valence-electron chi connectivity index (χ4n) is 9.16. The minimum atomic E-state index is -0.303. The number of benzene rings is 9. The first-order valence-corrected chi connectivity index (χ1v) is 19.3. The van der Waals surface area contributed by atoms with Gasteiger partial charge < -0.3 is 0 Å². The van der Waals surface area contributed by atoms with Crippen LogP contribution in [0.15, 0.2) is 200 Å². The lowest BCUT2D eigenvalue weighted by Gasteiger charge is -2.28. The summed E-state index contributed by atoms with van der Waals surface area (Å²) in [5.41, 5.74) is 13.5. The molecule has 1 aliphatic carbocycles. The molecule has 0 bridgehead atoms. The van der Waals surface area contributed by atoms with E-state index in [-0.39, 0.29) is 5.41 Å². The lowest BCUT2D eigenvalue weighted by Crippen LogP contribution is -2.22. The van der Waals surface area contributed by atoms with Crippen molar-refractivity contribution in [3.05, 3.63) is 217 Å². The zero-order valence-corrected chi connectivity index (χ0v) is 30.9. The summed E-state index contributed by atoms with van der Waals surface area (Å²) in [5.74, 6) is 0.709. The Kier molecular flexibility index (Phi) is 7.33. The first-order valence-electron chi connectivity index (χ1n) is 19.3. The second-order valence-electron chi connectivity index (χ2n) is 15.1. The summed E-state index contributed by atoms with van der Waals surface area (Å²) in [4.78, 5) is 10.5. The lowest BCUT2D eigenvalue weighted by atomic mass is 9.74. The molecule has 0 radical (unpaired) electrons. The Morgan fingerprint density at radius 3 is 1.80 bits per heavy atom. The summed E-state index contributed by atoms with van der Waals surface area (Å²) in [7, 11) is 0. The Labute approximate surface area is 326 Å². The first-order chi connectivity index (χ1) is 27.6. The zero-order chi connectivity index (χ0) is 37.2. The molecule has 9 aromatic carbocycles. The molecule has 1 aromatic heterocycles. The monoisotopic (exact) mass is 712 g/mol. The van der Waals surface area contributed by atoms with Crippen LogP contribution < -0.4 is 0 Å². The van der Waals surface area contributed by atoms with E-state index in [9.17, 15) is 0 Å². The van der Waals surface area contributed by atoms with Crippen LogP contribution in [-0.2, 0) is 5.41 Å². The fourth-order valence-corrected chi connectivity index (χ4v) is 9.16. The van der Waals surface area contributed by atoms with Crippen molar-refractivity contribution in [2.24, 2.45) is 0 Å². The Bertz CT molecular complexity index is 3150.